The molecule has 0 spiro atoms. The van der Waals surface area contributed by atoms with E-state index < -0.39 is 5.91 Å². The lowest BCUT2D eigenvalue weighted by molar-refractivity contribution is 0.0992. The van der Waals surface area contributed by atoms with Crippen LogP contribution in [-0.2, 0) is 17.0 Å². The van der Waals surface area contributed by atoms with Crippen molar-refractivity contribution in [1.82, 2.24) is 14.8 Å². The molecule has 2 amide bonds. The van der Waals surface area contributed by atoms with E-state index in [2.05, 4.69) is 27.2 Å². The third-order valence-electron chi connectivity index (χ3n) is 6.03. The highest BCUT2D eigenvalue weighted by molar-refractivity contribution is 8.15. The van der Waals surface area contributed by atoms with Crippen molar-refractivity contribution in [2.45, 2.75) is 12.8 Å². The Morgan fingerprint density at radius 3 is 2.84 bits per heavy atom. The first kappa shape index (κ1) is 24.3. The number of aryl methyl sites for hydroxylation is 1. The average Bonchev–Trinajstić information content (AvgIpc) is 3.34. The molecule has 5 rings (SSSR count). The van der Waals surface area contributed by atoms with Crippen LogP contribution in [0.3, 0.4) is 0 Å². The lowest BCUT2D eigenvalue weighted by atomic mass is 9.88. The van der Waals surface area contributed by atoms with Crippen LogP contribution in [0.5, 0.6) is 0 Å². The van der Waals surface area contributed by atoms with Gasteiger partial charge in [-0.2, -0.15) is 5.10 Å². The summed E-state index contributed by atoms with van der Waals surface area (Å²) in [6.45, 7) is 0.194. The quantitative estimate of drug-likeness (QED) is 0.121. The molecule has 187 valence electrons. The number of anilines is 1. The molecule has 0 saturated heterocycles. The van der Waals surface area contributed by atoms with Gasteiger partial charge in [0.1, 0.15) is 11.8 Å². The number of nitrogens with zero attached hydrogens (tertiary/aromatic N) is 3. The van der Waals surface area contributed by atoms with Crippen molar-refractivity contribution in [2.24, 2.45) is 5.73 Å². The Balaban J connectivity index is 1.50. The molecule has 3 N–H and O–H groups in total. The summed E-state index contributed by atoms with van der Waals surface area (Å²) in [7, 11) is 1.09. The third kappa shape index (κ3) is 5.17. The summed E-state index contributed by atoms with van der Waals surface area (Å²) in [6.07, 6.45) is 2.82. The Morgan fingerprint density at radius 2 is 2.08 bits per heavy atom. The molecule has 11 heteroatoms. The molecular weight excluding hydrogens is 521 g/mol. The zero-order valence-corrected chi connectivity index (χ0v) is 21.5. The molecule has 0 fully saturated rings. The number of hydrogen-bond donors (Lipinski definition) is 2. The molecule has 0 atom stereocenters. The molecule has 38 heavy (non-hydrogen) atoms. The average molecular weight is 543 g/mol. The van der Waals surface area contributed by atoms with E-state index in [4.69, 9.17) is 22.9 Å². The second kappa shape index (κ2) is 11.1. The maximum absolute atomic E-state index is 12.8. The van der Waals surface area contributed by atoms with E-state index in [9.17, 15) is 9.59 Å². The summed E-state index contributed by atoms with van der Waals surface area (Å²) in [6, 6.07) is 16.3. The normalized spacial score (nSPS) is 11.9. The van der Waals surface area contributed by atoms with Gasteiger partial charge in [-0.3, -0.25) is 9.59 Å². The first-order chi connectivity index (χ1) is 19.0. The fraction of sp³-hybridized carbons (Fsp3) is 0.111. The fourth-order valence-electron chi connectivity index (χ4n) is 4.34. The van der Waals surface area contributed by atoms with Gasteiger partial charge in [-0.15, -0.1) is 0 Å². The van der Waals surface area contributed by atoms with E-state index in [0.29, 0.717) is 18.5 Å². The van der Waals surface area contributed by atoms with Crippen LogP contribution >= 0.6 is 23.5 Å². The Kier molecular flexibility index (Phi) is 7.13. The lowest BCUT2D eigenvalue weighted by Gasteiger charge is -2.20. The van der Waals surface area contributed by atoms with Crippen molar-refractivity contribution in [2.75, 3.05) is 11.9 Å². The number of primary amides is 1. The zero-order valence-electron chi connectivity index (χ0n) is 20.9. The molecule has 8 nitrogen and oxygen atoms in total. The van der Waals surface area contributed by atoms with Crippen molar-refractivity contribution < 1.29 is 13.8 Å². The van der Waals surface area contributed by atoms with Crippen LogP contribution in [0, 0.1) is 11.8 Å². The summed E-state index contributed by atoms with van der Waals surface area (Å²) < 4.78 is 13.7. The van der Waals surface area contributed by atoms with Crippen LogP contribution in [-0.4, -0.2) is 41.6 Å². The monoisotopic (exact) mass is 542 g/mol. The van der Waals surface area contributed by atoms with E-state index in [1.54, 1.807) is 16.8 Å². The molecule has 0 aliphatic heterocycles. The topological polar surface area (TPSA) is 112 Å². The largest absolute Gasteiger partial charge is 0.364 e. The van der Waals surface area contributed by atoms with Gasteiger partial charge < -0.3 is 15.2 Å². The highest BCUT2D eigenvalue weighted by Crippen LogP contribution is 2.38. The first-order valence-electron chi connectivity index (χ1n) is 12.1. The Morgan fingerprint density at radius 1 is 1.24 bits per heavy atom. The lowest BCUT2D eigenvalue weighted by Crippen LogP contribution is -2.16. The van der Waals surface area contributed by atoms with Crippen LogP contribution in [0.15, 0.2) is 60.8 Å². The van der Waals surface area contributed by atoms with Gasteiger partial charge in [0.2, 0.25) is 7.09 Å². The predicted molar refractivity (Wildman–Crippen MR) is 150 cm³/mol. The molecular formula is C27H20BClN5O3S. The number of carbonyl (C=O) groups is 2. The molecule has 2 aromatic carbocycles. The van der Waals surface area contributed by atoms with Gasteiger partial charge in [-0.05, 0) is 68.3 Å². The van der Waals surface area contributed by atoms with Gasteiger partial charge in [-0.25, -0.2) is 9.67 Å². The summed E-state index contributed by atoms with van der Waals surface area (Å²) >= 11 is 7.01. The number of aromatic nitrogens is 3. The Bertz CT molecular complexity index is 1630. The van der Waals surface area contributed by atoms with Gasteiger partial charge in [0.05, 0.1) is 16.9 Å². The number of nitrogens with one attached hydrogen (secondary N) is 1. The molecule has 2 heterocycles. The SMILES string of the molecule is [3H][B]SOCC#Cc1ccc(-n2nc(C(N)=O)c3c2-c2cc(NC(=O)c4cccnc4Cl)ccc2CC3)cc1. The number of amides is 2. The summed E-state index contributed by atoms with van der Waals surface area (Å²) in [5.41, 5.74) is 11.7. The molecule has 0 unspecified atom stereocenters. The number of carbonyl (C=O) groups excluding carboxylic acids is 2. The number of nitrogens with two attached hydrogens (primary N) is 1. The molecule has 4 aromatic rings. The molecule has 1 aliphatic rings. The van der Waals surface area contributed by atoms with Crippen molar-refractivity contribution in [3.8, 4) is 28.8 Å². The highest BCUT2D eigenvalue weighted by atomic mass is 35.5. The minimum atomic E-state index is -0.602. The van der Waals surface area contributed by atoms with E-state index in [0.717, 1.165) is 52.6 Å². The van der Waals surface area contributed by atoms with Crippen molar-refractivity contribution in [3.63, 3.8) is 0 Å². The highest BCUT2D eigenvalue weighted by Gasteiger charge is 2.28. The predicted octanol–water partition coefficient (Wildman–Crippen LogP) is 3.87. The van der Waals surface area contributed by atoms with Crippen LogP contribution in [0.1, 0.15) is 37.5 Å². The van der Waals surface area contributed by atoms with Crippen LogP contribution in [0.25, 0.3) is 16.9 Å². The summed E-state index contributed by atoms with van der Waals surface area (Å²) in [4.78, 5) is 29.1. The van der Waals surface area contributed by atoms with Crippen LogP contribution in [0.2, 0.25) is 5.15 Å². The molecule has 2 aromatic heterocycles. The number of fused-ring (bicyclic) bond motifs is 3. The smallest absolute Gasteiger partial charge is 0.269 e. The van der Waals surface area contributed by atoms with Gasteiger partial charge in [0, 0.05) is 28.6 Å². The van der Waals surface area contributed by atoms with Gasteiger partial charge in [-0.1, -0.05) is 41.4 Å². The second-order valence-electron chi connectivity index (χ2n) is 8.33. The van der Waals surface area contributed by atoms with Crippen molar-refractivity contribution >= 4 is 48.1 Å². The zero-order chi connectivity index (χ0) is 27.4. The standard InChI is InChI=1S/C27H20BClN5O3S/c28-38-37-14-2-3-16-5-10-19(11-6-16)34-24-20(23(33-34)26(30)35)12-8-17-7-9-18(15-22(17)24)32-27(36)21-4-1-13-31-25(21)29/h1,4-7,9-11,13,15,28H,8,12,14H2,(H2,30,35)(H,32,36)/i28T. The maximum Gasteiger partial charge on any atom is 0.269 e. The minimum Gasteiger partial charge on any atom is -0.364 e. The van der Waals surface area contributed by atoms with E-state index in [-0.39, 0.29) is 28.9 Å². The second-order valence-corrected chi connectivity index (χ2v) is 9.11. The number of halogens is 1. The Labute approximate surface area is 230 Å². The number of pyridine rings is 1. The number of hydrogen-bond acceptors (Lipinski definition) is 6. The van der Waals surface area contributed by atoms with Crippen molar-refractivity contribution in [1.29, 1.82) is 1.34 Å². The van der Waals surface area contributed by atoms with Crippen molar-refractivity contribution in [3.05, 3.63) is 93.9 Å². The number of rotatable bonds is 7. The van der Waals surface area contributed by atoms with E-state index >= 15 is 0 Å². The van der Waals surface area contributed by atoms with E-state index in [1.807, 2.05) is 42.5 Å². The van der Waals surface area contributed by atoms with Crippen LogP contribution in [0.4, 0.5) is 5.69 Å². The van der Waals surface area contributed by atoms with Crippen LogP contribution < -0.4 is 11.1 Å². The molecule has 0 bridgehead atoms. The van der Waals surface area contributed by atoms with Gasteiger partial charge in [0.25, 0.3) is 11.8 Å². The molecule has 0 saturated carbocycles. The number of benzene rings is 2. The molecule has 1 aliphatic carbocycles. The summed E-state index contributed by atoms with van der Waals surface area (Å²) in [5, 5.41) is 7.59. The minimum absolute atomic E-state index is 0.116. The van der Waals surface area contributed by atoms with E-state index in [1.165, 1.54) is 6.20 Å². The Hall–Kier alpha value is -4.04. The molecule has 1 radical (unpaired) electrons. The first-order valence-corrected chi connectivity index (χ1v) is 12.7. The third-order valence-corrected chi connectivity index (χ3v) is 6.59. The maximum atomic E-state index is 12.8. The fourth-order valence-corrected chi connectivity index (χ4v) is 4.67. The van der Waals surface area contributed by atoms with Gasteiger partial charge >= 0.3 is 0 Å². The summed E-state index contributed by atoms with van der Waals surface area (Å²) in [5.74, 6) is 4.91. The van der Waals surface area contributed by atoms with Gasteiger partial charge in [0.15, 0.2) is 5.69 Å².